The Morgan fingerprint density at radius 2 is 2.19 bits per heavy atom. The molecule has 1 saturated carbocycles. The number of carbonyl (C=O) groups excluding carboxylic acids is 1. The largest absolute Gasteiger partial charge is 0.319 e. The number of carbonyl (C=O) groups is 1. The summed E-state index contributed by atoms with van der Waals surface area (Å²) in [4.78, 5) is 21.6. The van der Waals surface area contributed by atoms with E-state index in [1.807, 2.05) is 16.1 Å². The number of aromatic amines is 1. The van der Waals surface area contributed by atoms with E-state index in [4.69, 9.17) is 0 Å². The molecule has 134 valence electrons. The summed E-state index contributed by atoms with van der Waals surface area (Å²) in [7, 11) is 0. The number of nitrogens with one attached hydrogen (secondary N) is 1. The highest BCUT2D eigenvalue weighted by Gasteiger charge is 2.27. The molecule has 2 heterocycles. The minimum Gasteiger partial charge on any atom is -0.319 e. The van der Waals surface area contributed by atoms with Crippen LogP contribution in [0.15, 0.2) is 46.0 Å². The molecule has 26 heavy (non-hydrogen) atoms. The molecular weight excluding hydrogens is 366 g/mol. The standard InChI is InChI=1S/C18H19N5OS2/c1-12-2-4-13(5-3-12)10-23-8-9-25-18(23)19-15(24)11-26-17-20-16(21-22-17)14-6-7-14/h2-5,8-9,14H,6-7,10-11H2,1H3,(H,20,21,22). The van der Waals surface area contributed by atoms with Crippen LogP contribution in [0.25, 0.3) is 0 Å². The molecular formula is C18H19N5OS2. The van der Waals surface area contributed by atoms with Crippen molar-refractivity contribution in [1.82, 2.24) is 19.7 Å². The lowest BCUT2D eigenvalue weighted by atomic mass is 10.1. The minimum absolute atomic E-state index is 0.173. The lowest BCUT2D eigenvalue weighted by Crippen LogP contribution is -2.17. The van der Waals surface area contributed by atoms with Crippen molar-refractivity contribution in [3.05, 3.63) is 57.6 Å². The lowest BCUT2D eigenvalue weighted by molar-refractivity contribution is -0.115. The number of thioether (sulfide) groups is 1. The van der Waals surface area contributed by atoms with Gasteiger partial charge < -0.3 is 4.57 Å². The van der Waals surface area contributed by atoms with E-state index in [1.165, 1.54) is 47.1 Å². The minimum atomic E-state index is -0.173. The van der Waals surface area contributed by atoms with Crippen molar-refractivity contribution in [3.8, 4) is 0 Å². The quantitative estimate of drug-likeness (QED) is 0.662. The molecule has 3 aromatic rings. The molecule has 4 rings (SSSR count). The van der Waals surface area contributed by atoms with E-state index in [9.17, 15) is 4.79 Å². The Balaban J connectivity index is 1.39. The Morgan fingerprint density at radius 3 is 2.96 bits per heavy atom. The van der Waals surface area contributed by atoms with Crippen molar-refractivity contribution in [2.75, 3.05) is 5.75 Å². The second-order valence-electron chi connectivity index (χ2n) is 6.37. The molecule has 0 atom stereocenters. The van der Waals surface area contributed by atoms with E-state index in [2.05, 4.69) is 51.4 Å². The molecule has 1 amide bonds. The van der Waals surface area contributed by atoms with Gasteiger partial charge in [-0.25, -0.2) is 4.98 Å². The molecule has 0 radical (unpaired) electrons. The van der Waals surface area contributed by atoms with Crippen molar-refractivity contribution >= 4 is 29.0 Å². The van der Waals surface area contributed by atoms with Gasteiger partial charge in [-0.2, -0.15) is 4.99 Å². The zero-order valence-corrected chi connectivity index (χ0v) is 16.0. The maximum Gasteiger partial charge on any atom is 0.258 e. The third kappa shape index (κ3) is 4.31. The molecule has 1 fully saturated rings. The number of hydrogen-bond donors (Lipinski definition) is 1. The number of aryl methyl sites for hydroxylation is 1. The fourth-order valence-corrected chi connectivity index (χ4v) is 3.86. The van der Waals surface area contributed by atoms with Gasteiger partial charge in [0.1, 0.15) is 5.82 Å². The number of H-pyrrole nitrogens is 1. The molecule has 1 aliphatic rings. The van der Waals surface area contributed by atoms with E-state index in [-0.39, 0.29) is 11.7 Å². The Hall–Kier alpha value is -2.19. The van der Waals surface area contributed by atoms with Crippen molar-refractivity contribution in [3.63, 3.8) is 0 Å². The van der Waals surface area contributed by atoms with Crippen LogP contribution in [0.5, 0.6) is 0 Å². The number of hydrogen-bond acceptors (Lipinski definition) is 5. The van der Waals surface area contributed by atoms with Crippen molar-refractivity contribution in [2.24, 2.45) is 4.99 Å². The van der Waals surface area contributed by atoms with Crippen LogP contribution in [0, 0.1) is 6.92 Å². The molecule has 0 aliphatic heterocycles. The number of amides is 1. The molecule has 0 unspecified atom stereocenters. The SMILES string of the molecule is Cc1ccc(Cn2ccsc2=NC(=O)CSc2n[nH]c(C3CC3)n2)cc1. The Bertz CT molecular complexity index is 966. The first-order valence-corrected chi connectivity index (χ1v) is 10.4. The summed E-state index contributed by atoms with van der Waals surface area (Å²) in [6.07, 6.45) is 4.31. The van der Waals surface area contributed by atoms with Crippen LogP contribution in [-0.2, 0) is 11.3 Å². The van der Waals surface area contributed by atoms with Crippen molar-refractivity contribution in [2.45, 2.75) is 37.4 Å². The summed E-state index contributed by atoms with van der Waals surface area (Å²) in [5.74, 6) is 1.53. The van der Waals surface area contributed by atoms with Gasteiger partial charge in [-0.05, 0) is 25.3 Å². The first kappa shape index (κ1) is 17.2. The maximum atomic E-state index is 12.2. The predicted octanol–water partition coefficient (Wildman–Crippen LogP) is 3.12. The molecule has 0 spiro atoms. The third-order valence-corrected chi connectivity index (χ3v) is 5.75. The number of benzene rings is 1. The van der Waals surface area contributed by atoms with E-state index in [0.717, 1.165) is 5.82 Å². The van der Waals surface area contributed by atoms with Crippen LogP contribution in [0.4, 0.5) is 0 Å². The van der Waals surface area contributed by atoms with Gasteiger partial charge in [-0.15, -0.1) is 16.4 Å². The van der Waals surface area contributed by atoms with Crippen LogP contribution in [0.2, 0.25) is 0 Å². The number of aromatic nitrogens is 4. The van der Waals surface area contributed by atoms with Gasteiger partial charge in [-0.3, -0.25) is 9.89 Å². The Labute approximate surface area is 159 Å². The predicted molar refractivity (Wildman–Crippen MR) is 102 cm³/mol. The van der Waals surface area contributed by atoms with Gasteiger partial charge in [0.15, 0.2) is 4.80 Å². The van der Waals surface area contributed by atoms with Crippen LogP contribution in [0.1, 0.15) is 35.7 Å². The van der Waals surface area contributed by atoms with E-state index < -0.39 is 0 Å². The first-order valence-electron chi connectivity index (χ1n) is 8.49. The molecule has 2 aromatic heterocycles. The van der Waals surface area contributed by atoms with Crippen LogP contribution < -0.4 is 4.80 Å². The summed E-state index contributed by atoms with van der Waals surface area (Å²) in [5.41, 5.74) is 2.42. The van der Waals surface area contributed by atoms with Gasteiger partial charge in [0.2, 0.25) is 5.16 Å². The number of thiazole rings is 1. The highest BCUT2D eigenvalue weighted by molar-refractivity contribution is 7.99. The van der Waals surface area contributed by atoms with Gasteiger partial charge in [0.25, 0.3) is 5.91 Å². The fraction of sp³-hybridized carbons (Fsp3) is 0.333. The molecule has 8 heteroatoms. The monoisotopic (exact) mass is 385 g/mol. The third-order valence-electron chi connectivity index (χ3n) is 4.12. The fourth-order valence-electron chi connectivity index (χ4n) is 2.52. The summed E-state index contributed by atoms with van der Waals surface area (Å²) in [6, 6.07) is 8.38. The van der Waals surface area contributed by atoms with E-state index in [1.54, 1.807) is 0 Å². The second-order valence-corrected chi connectivity index (χ2v) is 8.19. The molecule has 0 saturated heterocycles. The highest BCUT2D eigenvalue weighted by Crippen LogP contribution is 2.38. The van der Waals surface area contributed by atoms with Crippen molar-refractivity contribution in [1.29, 1.82) is 0 Å². The lowest BCUT2D eigenvalue weighted by Gasteiger charge is -2.03. The first-order chi connectivity index (χ1) is 12.7. The second kappa shape index (κ2) is 7.59. The van der Waals surface area contributed by atoms with Crippen LogP contribution >= 0.6 is 23.1 Å². The van der Waals surface area contributed by atoms with Gasteiger partial charge in [-0.1, -0.05) is 41.6 Å². The Kier molecular flexibility index (Phi) is 5.03. The summed E-state index contributed by atoms with van der Waals surface area (Å²) in [5, 5.41) is 9.68. The van der Waals surface area contributed by atoms with Crippen LogP contribution in [0.3, 0.4) is 0 Å². The van der Waals surface area contributed by atoms with Gasteiger partial charge in [0, 0.05) is 24.0 Å². The average Bonchev–Trinajstić information content (AvgIpc) is 3.23. The normalized spacial score (nSPS) is 14.7. The number of rotatable bonds is 6. The Morgan fingerprint density at radius 1 is 1.38 bits per heavy atom. The van der Waals surface area contributed by atoms with Crippen molar-refractivity contribution < 1.29 is 4.79 Å². The molecule has 0 bridgehead atoms. The zero-order chi connectivity index (χ0) is 17.9. The van der Waals surface area contributed by atoms with Gasteiger partial charge >= 0.3 is 0 Å². The smallest absolute Gasteiger partial charge is 0.258 e. The topological polar surface area (TPSA) is 75.9 Å². The summed E-state index contributed by atoms with van der Waals surface area (Å²) in [6.45, 7) is 2.77. The maximum absolute atomic E-state index is 12.2. The number of nitrogens with zero attached hydrogens (tertiary/aromatic N) is 4. The zero-order valence-electron chi connectivity index (χ0n) is 14.4. The average molecular weight is 386 g/mol. The van der Waals surface area contributed by atoms with E-state index >= 15 is 0 Å². The summed E-state index contributed by atoms with van der Waals surface area (Å²) < 4.78 is 2.00. The molecule has 6 nitrogen and oxygen atoms in total. The van der Waals surface area contributed by atoms with Gasteiger partial charge in [0.05, 0.1) is 5.75 Å². The highest BCUT2D eigenvalue weighted by atomic mass is 32.2. The molecule has 1 aliphatic carbocycles. The molecule has 1 aromatic carbocycles. The summed E-state index contributed by atoms with van der Waals surface area (Å²) >= 11 is 2.79. The van der Waals surface area contributed by atoms with Crippen LogP contribution in [-0.4, -0.2) is 31.4 Å². The molecule has 1 N–H and O–H groups in total. The van der Waals surface area contributed by atoms with E-state index in [0.29, 0.717) is 22.4 Å².